The number of hydrogen-bond donors (Lipinski definition) is 0. The average molecular weight is 447 g/mol. The summed E-state index contributed by atoms with van der Waals surface area (Å²) < 4.78 is 19.0. The first-order valence-electron chi connectivity index (χ1n) is 12.0. The molecule has 0 aromatic heterocycles. The largest absolute Gasteiger partial charge is 0.544 e. The molecule has 0 spiro atoms. The van der Waals surface area contributed by atoms with Crippen molar-refractivity contribution in [1.29, 1.82) is 0 Å². The van der Waals surface area contributed by atoms with E-state index in [9.17, 15) is 0 Å². The Morgan fingerprint density at radius 1 is 0.933 bits per heavy atom. The highest BCUT2D eigenvalue weighted by Gasteiger charge is 2.56. The van der Waals surface area contributed by atoms with Crippen molar-refractivity contribution in [3.63, 3.8) is 0 Å². The van der Waals surface area contributed by atoms with Gasteiger partial charge >= 0.3 is 0 Å². The van der Waals surface area contributed by atoms with Crippen LogP contribution in [0, 0.1) is 17.3 Å². The zero-order chi connectivity index (χ0) is 21.9. The van der Waals surface area contributed by atoms with Crippen LogP contribution in [0.4, 0.5) is 0 Å². The van der Waals surface area contributed by atoms with Crippen LogP contribution in [0.3, 0.4) is 0 Å². The number of hydrogen-bond acceptors (Lipinski definition) is 3. The van der Waals surface area contributed by atoms with E-state index in [1.807, 2.05) is 7.11 Å². The molecule has 2 saturated carbocycles. The molecular weight excluding hydrogens is 404 g/mol. The smallest absolute Gasteiger partial charge is 0.242 e. The predicted molar refractivity (Wildman–Crippen MR) is 130 cm³/mol. The molecule has 0 bridgehead atoms. The first-order chi connectivity index (χ1) is 13.9. The number of ether oxygens (including phenoxy) is 1. The summed E-state index contributed by atoms with van der Waals surface area (Å²) >= 11 is 0. The van der Waals surface area contributed by atoms with Gasteiger partial charge in [-0.05, 0) is 113 Å². The average Bonchev–Trinajstić information content (AvgIpc) is 2.94. The van der Waals surface area contributed by atoms with Gasteiger partial charge < -0.3 is 13.6 Å². The van der Waals surface area contributed by atoms with Crippen LogP contribution in [0.2, 0.25) is 39.3 Å². The van der Waals surface area contributed by atoms with Gasteiger partial charge in [0.1, 0.15) is 11.5 Å². The van der Waals surface area contributed by atoms with E-state index < -0.39 is 16.6 Å². The second-order valence-electron chi connectivity index (χ2n) is 12.2. The second-order valence-corrected chi connectivity index (χ2v) is 21.1. The molecule has 0 radical (unpaired) electrons. The van der Waals surface area contributed by atoms with Crippen molar-refractivity contribution in [3.05, 3.63) is 23.3 Å². The number of rotatable bonds is 5. The molecule has 0 N–H and O–H groups in total. The molecular formula is C25H42O3Si2. The predicted octanol–water partition coefficient (Wildman–Crippen LogP) is 6.99. The zero-order valence-corrected chi connectivity index (χ0v) is 22.4. The van der Waals surface area contributed by atoms with E-state index in [1.165, 1.54) is 43.2 Å². The van der Waals surface area contributed by atoms with Crippen LogP contribution >= 0.6 is 0 Å². The number of methoxy groups -OCH3 is 1. The van der Waals surface area contributed by atoms with E-state index in [2.05, 4.69) is 58.3 Å². The van der Waals surface area contributed by atoms with Crippen LogP contribution in [0.15, 0.2) is 12.1 Å². The van der Waals surface area contributed by atoms with Crippen LogP contribution in [-0.4, -0.2) is 29.8 Å². The minimum atomic E-state index is -1.63. The molecule has 1 aromatic rings. The molecule has 0 amide bonds. The van der Waals surface area contributed by atoms with Crippen LogP contribution < -0.4 is 9.16 Å². The Balaban J connectivity index is 1.63. The Hall–Kier alpha value is -0.786. The van der Waals surface area contributed by atoms with Crippen molar-refractivity contribution in [2.24, 2.45) is 17.3 Å². The Kier molecular flexibility index (Phi) is 5.72. The molecule has 5 atom stereocenters. The van der Waals surface area contributed by atoms with Crippen molar-refractivity contribution in [2.75, 3.05) is 7.11 Å². The van der Waals surface area contributed by atoms with Crippen molar-refractivity contribution in [1.82, 2.24) is 0 Å². The van der Waals surface area contributed by atoms with Gasteiger partial charge in [-0.25, -0.2) is 0 Å². The maximum atomic E-state index is 6.73. The summed E-state index contributed by atoms with van der Waals surface area (Å²) in [6.45, 7) is 16.3. The zero-order valence-electron chi connectivity index (χ0n) is 20.4. The third-order valence-electron chi connectivity index (χ3n) is 7.81. The van der Waals surface area contributed by atoms with Gasteiger partial charge in [0.05, 0.1) is 13.2 Å². The summed E-state index contributed by atoms with van der Waals surface area (Å²) in [5.74, 6) is 4.26. The first-order valence-corrected chi connectivity index (χ1v) is 18.8. The quantitative estimate of drug-likeness (QED) is 0.456. The molecule has 3 aliphatic rings. The van der Waals surface area contributed by atoms with E-state index in [0.29, 0.717) is 17.4 Å². The van der Waals surface area contributed by atoms with Crippen molar-refractivity contribution < 1.29 is 13.6 Å². The third kappa shape index (κ3) is 4.14. The monoisotopic (exact) mass is 446 g/mol. The maximum Gasteiger partial charge on any atom is 0.242 e. The van der Waals surface area contributed by atoms with E-state index in [-0.39, 0.29) is 0 Å². The van der Waals surface area contributed by atoms with Crippen LogP contribution in [-0.2, 0) is 10.8 Å². The molecule has 30 heavy (non-hydrogen) atoms. The Morgan fingerprint density at radius 2 is 1.67 bits per heavy atom. The van der Waals surface area contributed by atoms with Gasteiger partial charge in [-0.2, -0.15) is 0 Å². The molecule has 4 rings (SSSR count). The standard InChI is InChI=1S/C25H42O3Si2/c1-25-14-13-20-19(21(25)11-12-23(25)28-30(6,7)8)10-9-17-15-18(27-29(3,4)5)16-22(26-2)24(17)20/h15-16,19-21,23H,9-14H2,1-8H3. The summed E-state index contributed by atoms with van der Waals surface area (Å²) in [6.07, 6.45) is 8.05. The molecule has 5 heteroatoms. The highest BCUT2D eigenvalue weighted by atomic mass is 28.4. The Bertz CT molecular complexity index is 778. The third-order valence-corrected chi connectivity index (χ3v) is 9.65. The topological polar surface area (TPSA) is 27.7 Å². The molecule has 5 unspecified atom stereocenters. The molecule has 0 saturated heterocycles. The maximum absolute atomic E-state index is 6.73. The summed E-state index contributed by atoms with van der Waals surface area (Å²) in [5.41, 5.74) is 3.32. The molecule has 3 nitrogen and oxygen atoms in total. The molecule has 0 aliphatic heterocycles. The van der Waals surface area contributed by atoms with E-state index in [0.717, 1.165) is 29.8 Å². The summed E-state index contributed by atoms with van der Waals surface area (Å²) in [7, 11) is -1.32. The van der Waals surface area contributed by atoms with Crippen LogP contribution in [0.25, 0.3) is 0 Å². The van der Waals surface area contributed by atoms with Crippen molar-refractivity contribution in [2.45, 2.75) is 96.8 Å². The van der Waals surface area contributed by atoms with Gasteiger partial charge in [0.15, 0.2) is 8.32 Å². The van der Waals surface area contributed by atoms with Gasteiger partial charge in [-0.1, -0.05) is 6.92 Å². The lowest BCUT2D eigenvalue weighted by Crippen LogP contribution is -2.47. The summed E-state index contributed by atoms with van der Waals surface area (Å²) in [5, 5.41) is 0. The SMILES string of the molecule is COc1cc(O[Si](C)(C)C)cc2c1C1CCC3(C)C(O[Si](C)(C)C)CCC3C1CC2. The number of fused-ring (bicyclic) bond motifs is 5. The van der Waals surface area contributed by atoms with Crippen molar-refractivity contribution >= 4 is 16.6 Å². The van der Waals surface area contributed by atoms with Gasteiger partial charge in [-0.3, -0.25) is 0 Å². The van der Waals surface area contributed by atoms with Crippen LogP contribution in [0.5, 0.6) is 11.5 Å². The minimum absolute atomic E-state index is 0.354. The van der Waals surface area contributed by atoms with Gasteiger partial charge in [0.2, 0.25) is 8.32 Å². The normalized spacial score (nSPS) is 33.5. The fraction of sp³-hybridized carbons (Fsp3) is 0.760. The Labute approximate surface area is 186 Å². The molecule has 0 heterocycles. The minimum Gasteiger partial charge on any atom is -0.544 e. The highest BCUT2D eigenvalue weighted by molar-refractivity contribution is 6.70. The van der Waals surface area contributed by atoms with Crippen LogP contribution in [0.1, 0.15) is 56.1 Å². The molecule has 3 aliphatic carbocycles. The first kappa shape index (κ1) is 22.4. The van der Waals surface area contributed by atoms with E-state index >= 15 is 0 Å². The fourth-order valence-corrected chi connectivity index (χ4v) is 8.87. The van der Waals surface area contributed by atoms with Gasteiger partial charge in [0.25, 0.3) is 0 Å². The lowest BCUT2D eigenvalue weighted by Gasteiger charge is -2.51. The second kappa shape index (κ2) is 7.66. The molecule has 2 fully saturated rings. The number of aryl methyl sites for hydroxylation is 1. The van der Waals surface area contributed by atoms with Gasteiger partial charge in [-0.15, -0.1) is 0 Å². The highest BCUT2D eigenvalue weighted by Crippen LogP contribution is 2.62. The summed E-state index contributed by atoms with van der Waals surface area (Å²) in [4.78, 5) is 0. The summed E-state index contributed by atoms with van der Waals surface area (Å²) in [6, 6.07) is 4.49. The van der Waals surface area contributed by atoms with Gasteiger partial charge in [0, 0.05) is 11.6 Å². The lowest BCUT2D eigenvalue weighted by atomic mass is 9.55. The van der Waals surface area contributed by atoms with E-state index in [4.69, 9.17) is 13.6 Å². The van der Waals surface area contributed by atoms with Crippen molar-refractivity contribution in [3.8, 4) is 11.5 Å². The number of benzene rings is 1. The molecule has 1 aromatic carbocycles. The molecule has 168 valence electrons. The Morgan fingerprint density at radius 3 is 2.30 bits per heavy atom. The lowest BCUT2D eigenvalue weighted by molar-refractivity contribution is -0.0144. The van der Waals surface area contributed by atoms with E-state index in [1.54, 1.807) is 0 Å². The fourth-order valence-electron chi connectivity index (χ4n) is 6.81.